The lowest BCUT2D eigenvalue weighted by atomic mass is 9.97. The molecule has 0 unspecified atom stereocenters. The van der Waals surface area contributed by atoms with Gasteiger partial charge in [0, 0.05) is 42.0 Å². The highest BCUT2D eigenvalue weighted by Gasteiger charge is 2.29. The van der Waals surface area contributed by atoms with E-state index in [-0.39, 0.29) is 0 Å². The van der Waals surface area contributed by atoms with E-state index in [1.54, 1.807) is 0 Å². The van der Waals surface area contributed by atoms with Crippen LogP contribution in [-0.4, -0.2) is 31.1 Å². The van der Waals surface area contributed by atoms with E-state index in [0.29, 0.717) is 6.04 Å². The van der Waals surface area contributed by atoms with Crippen LogP contribution in [0.4, 0.5) is 0 Å². The van der Waals surface area contributed by atoms with Crippen LogP contribution >= 0.6 is 23.4 Å². The van der Waals surface area contributed by atoms with Gasteiger partial charge in [-0.2, -0.15) is 0 Å². The van der Waals surface area contributed by atoms with Crippen molar-refractivity contribution in [2.45, 2.75) is 22.3 Å². The molecule has 2 aromatic carbocycles. The van der Waals surface area contributed by atoms with Crippen molar-refractivity contribution in [1.29, 1.82) is 0 Å². The van der Waals surface area contributed by atoms with Crippen molar-refractivity contribution in [1.82, 2.24) is 10.2 Å². The Labute approximate surface area is 140 Å². The Morgan fingerprint density at radius 3 is 2.73 bits per heavy atom. The van der Waals surface area contributed by atoms with Crippen LogP contribution in [0.3, 0.4) is 0 Å². The molecule has 22 heavy (non-hydrogen) atoms. The molecular weight excluding hydrogens is 312 g/mol. The van der Waals surface area contributed by atoms with Crippen molar-refractivity contribution in [2.75, 3.05) is 26.2 Å². The quantitative estimate of drug-likeness (QED) is 0.851. The molecule has 2 heterocycles. The topological polar surface area (TPSA) is 15.3 Å². The Bertz CT molecular complexity index is 683. The van der Waals surface area contributed by atoms with Gasteiger partial charge in [-0.1, -0.05) is 53.7 Å². The molecule has 114 valence electrons. The first-order valence-electron chi connectivity index (χ1n) is 7.82. The fourth-order valence-corrected chi connectivity index (χ4v) is 4.85. The lowest BCUT2D eigenvalue weighted by molar-refractivity contribution is 0.170. The van der Waals surface area contributed by atoms with E-state index in [2.05, 4.69) is 46.6 Å². The number of hydrogen-bond donors (Lipinski definition) is 1. The average Bonchev–Trinajstić information content (AvgIpc) is 2.73. The van der Waals surface area contributed by atoms with Crippen LogP contribution in [-0.2, 0) is 6.42 Å². The zero-order valence-corrected chi connectivity index (χ0v) is 14.0. The van der Waals surface area contributed by atoms with Crippen LogP contribution in [0, 0.1) is 0 Å². The first-order valence-corrected chi connectivity index (χ1v) is 9.01. The molecule has 2 aliphatic heterocycles. The molecule has 0 spiro atoms. The smallest absolute Gasteiger partial charge is 0.0548 e. The van der Waals surface area contributed by atoms with Gasteiger partial charge in [0.15, 0.2) is 0 Å². The zero-order valence-electron chi connectivity index (χ0n) is 12.4. The highest BCUT2D eigenvalue weighted by atomic mass is 35.5. The van der Waals surface area contributed by atoms with Gasteiger partial charge >= 0.3 is 0 Å². The van der Waals surface area contributed by atoms with E-state index < -0.39 is 0 Å². The van der Waals surface area contributed by atoms with Gasteiger partial charge in [0.05, 0.1) is 5.02 Å². The molecule has 0 radical (unpaired) electrons. The Hall–Kier alpha value is -1.00. The van der Waals surface area contributed by atoms with Gasteiger partial charge in [-0.25, -0.2) is 0 Å². The number of fused-ring (bicyclic) bond motifs is 2. The van der Waals surface area contributed by atoms with Gasteiger partial charge in [0.2, 0.25) is 0 Å². The first-order chi connectivity index (χ1) is 10.8. The summed E-state index contributed by atoms with van der Waals surface area (Å²) in [4.78, 5) is 5.18. The third kappa shape index (κ3) is 2.67. The van der Waals surface area contributed by atoms with E-state index >= 15 is 0 Å². The average molecular weight is 331 g/mol. The predicted molar refractivity (Wildman–Crippen MR) is 92.9 cm³/mol. The van der Waals surface area contributed by atoms with Crippen molar-refractivity contribution in [3.63, 3.8) is 0 Å². The third-order valence-corrected chi connectivity index (χ3v) is 6.25. The summed E-state index contributed by atoms with van der Waals surface area (Å²) in [5.41, 5.74) is 2.82. The summed E-state index contributed by atoms with van der Waals surface area (Å²) >= 11 is 8.36. The minimum atomic E-state index is 0.423. The van der Waals surface area contributed by atoms with E-state index in [1.165, 1.54) is 20.9 Å². The number of benzene rings is 2. The zero-order chi connectivity index (χ0) is 14.9. The number of nitrogens with one attached hydrogen (secondary N) is 1. The van der Waals surface area contributed by atoms with Crippen LogP contribution in [0.15, 0.2) is 52.3 Å². The second kappa shape index (κ2) is 6.25. The summed E-state index contributed by atoms with van der Waals surface area (Å²) in [5.74, 6) is 0. The van der Waals surface area contributed by atoms with Crippen molar-refractivity contribution in [3.8, 4) is 0 Å². The van der Waals surface area contributed by atoms with Gasteiger partial charge in [0.25, 0.3) is 0 Å². The molecule has 1 saturated heterocycles. The summed E-state index contributed by atoms with van der Waals surface area (Å²) in [6.07, 6.45) is 1.07. The maximum atomic E-state index is 6.53. The SMILES string of the molecule is Clc1cccc2c1Sc1ccccc1C[C@@H]2N1CCNCC1. The summed E-state index contributed by atoms with van der Waals surface area (Å²) in [5, 5.41) is 4.33. The highest BCUT2D eigenvalue weighted by Crippen LogP contribution is 2.45. The molecule has 0 saturated carbocycles. The number of piperazine rings is 1. The van der Waals surface area contributed by atoms with E-state index in [1.807, 2.05) is 17.8 Å². The molecule has 1 fully saturated rings. The molecule has 2 aliphatic rings. The maximum absolute atomic E-state index is 6.53. The molecule has 1 atom stereocenters. The Kier molecular flexibility index (Phi) is 4.14. The van der Waals surface area contributed by atoms with Gasteiger partial charge < -0.3 is 5.32 Å². The fourth-order valence-electron chi connectivity index (χ4n) is 3.42. The molecule has 4 heteroatoms. The molecule has 0 bridgehead atoms. The summed E-state index contributed by atoms with van der Waals surface area (Å²) in [7, 11) is 0. The predicted octanol–water partition coefficient (Wildman–Crippen LogP) is 3.99. The van der Waals surface area contributed by atoms with Crippen molar-refractivity contribution >= 4 is 23.4 Å². The first kappa shape index (κ1) is 14.6. The van der Waals surface area contributed by atoms with Crippen molar-refractivity contribution in [3.05, 3.63) is 58.6 Å². The van der Waals surface area contributed by atoms with Crippen molar-refractivity contribution in [2.24, 2.45) is 0 Å². The Balaban J connectivity index is 1.82. The standard InChI is InChI=1S/C18H19ClN2S/c19-15-6-3-5-14-16(21-10-8-20-9-11-21)12-13-4-1-2-7-17(13)22-18(14)15/h1-7,16,20H,8-12H2/t16-/m0/s1. The van der Waals surface area contributed by atoms with Gasteiger partial charge in [-0.05, 0) is 29.7 Å². The second-order valence-electron chi connectivity index (χ2n) is 5.87. The van der Waals surface area contributed by atoms with Crippen LogP contribution < -0.4 is 5.32 Å². The minimum absolute atomic E-state index is 0.423. The minimum Gasteiger partial charge on any atom is -0.314 e. The molecule has 0 amide bonds. The molecule has 0 aromatic heterocycles. The van der Waals surface area contributed by atoms with E-state index in [0.717, 1.165) is 37.6 Å². The number of hydrogen-bond acceptors (Lipinski definition) is 3. The Morgan fingerprint density at radius 2 is 1.86 bits per heavy atom. The molecule has 0 aliphatic carbocycles. The highest BCUT2D eigenvalue weighted by molar-refractivity contribution is 7.99. The fraction of sp³-hybridized carbons (Fsp3) is 0.333. The molecule has 1 N–H and O–H groups in total. The monoisotopic (exact) mass is 330 g/mol. The number of halogens is 1. The maximum Gasteiger partial charge on any atom is 0.0548 e. The number of nitrogens with zero attached hydrogens (tertiary/aromatic N) is 1. The lowest BCUT2D eigenvalue weighted by Gasteiger charge is -2.35. The summed E-state index contributed by atoms with van der Waals surface area (Å²) in [6, 6.07) is 15.5. The lowest BCUT2D eigenvalue weighted by Crippen LogP contribution is -2.45. The summed E-state index contributed by atoms with van der Waals surface area (Å²) in [6.45, 7) is 4.34. The number of rotatable bonds is 1. The Morgan fingerprint density at radius 1 is 1.05 bits per heavy atom. The van der Waals surface area contributed by atoms with Crippen LogP contribution in [0.25, 0.3) is 0 Å². The van der Waals surface area contributed by atoms with Gasteiger partial charge in [0.1, 0.15) is 0 Å². The van der Waals surface area contributed by atoms with Crippen molar-refractivity contribution < 1.29 is 0 Å². The molecule has 4 rings (SSSR count). The van der Waals surface area contributed by atoms with E-state index in [4.69, 9.17) is 11.6 Å². The molecular formula is C18H19ClN2S. The van der Waals surface area contributed by atoms with Gasteiger partial charge in [-0.15, -0.1) is 0 Å². The largest absolute Gasteiger partial charge is 0.314 e. The summed E-state index contributed by atoms with van der Waals surface area (Å²) < 4.78 is 0. The van der Waals surface area contributed by atoms with Gasteiger partial charge in [-0.3, -0.25) is 4.90 Å². The van der Waals surface area contributed by atoms with E-state index in [9.17, 15) is 0 Å². The second-order valence-corrected chi connectivity index (χ2v) is 7.33. The third-order valence-electron chi connectivity index (χ3n) is 4.55. The van der Waals surface area contributed by atoms with Crippen LogP contribution in [0.1, 0.15) is 17.2 Å². The van der Waals surface area contributed by atoms with Crippen LogP contribution in [0.5, 0.6) is 0 Å². The van der Waals surface area contributed by atoms with Crippen LogP contribution in [0.2, 0.25) is 5.02 Å². The molecule has 2 aromatic rings. The normalized spacial score (nSPS) is 21.8. The molecule has 2 nitrogen and oxygen atoms in total.